The van der Waals surface area contributed by atoms with Crippen LogP contribution in [0.4, 0.5) is 5.69 Å². The minimum absolute atomic E-state index is 0.130. The highest BCUT2D eigenvalue weighted by atomic mass is 15.3. The van der Waals surface area contributed by atoms with E-state index in [1.165, 1.54) is 0 Å². The van der Waals surface area contributed by atoms with E-state index in [0.29, 0.717) is 5.69 Å². The Kier molecular flexibility index (Phi) is 2.89. The highest BCUT2D eigenvalue weighted by Crippen LogP contribution is 2.25. The van der Waals surface area contributed by atoms with E-state index in [2.05, 4.69) is 10.5 Å². The molecule has 0 aliphatic heterocycles. The second kappa shape index (κ2) is 4.34. The lowest BCUT2D eigenvalue weighted by molar-refractivity contribution is 0.637. The van der Waals surface area contributed by atoms with Crippen LogP contribution < -0.4 is 17.0 Å². The van der Waals surface area contributed by atoms with Gasteiger partial charge in [0.1, 0.15) is 0 Å². The molecule has 0 aliphatic carbocycles. The lowest BCUT2D eigenvalue weighted by Crippen LogP contribution is -2.29. The number of hydrogen-bond donors (Lipinski definition) is 3. The minimum atomic E-state index is -0.130. The van der Waals surface area contributed by atoms with Crippen LogP contribution in [-0.4, -0.2) is 9.78 Å². The van der Waals surface area contributed by atoms with E-state index in [4.69, 9.17) is 11.6 Å². The van der Waals surface area contributed by atoms with Crippen molar-refractivity contribution in [2.45, 2.75) is 6.04 Å². The smallest absolute Gasteiger partial charge is 0.0760 e. The summed E-state index contributed by atoms with van der Waals surface area (Å²) in [5.41, 5.74) is 11.3. The largest absolute Gasteiger partial charge is 0.398 e. The van der Waals surface area contributed by atoms with Crippen molar-refractivity contribution in [1.29, 1.82) is 0 Å². The first-order chi connectivity index (χ1) is 7.72. The van der Waals surface area contributed by atoms with Gasteiger partial charge in [0.15, 0.2) is 0 Å². The molecule has 0 radical (unpaired) electrons. The van der Waals surface area contributed by atoms with E-state index in [9.17, 15) is 0 Å². The predicted octanol–water partition coefficient (Wildman–Crippen LogP) is 0.555. The Balaban J connectivity index is 2.40. The molecule has 0 amide bonds. The van der Waals surface area contributed by atoms with Gasteiger partial charge >= 0.3 is 0 Å². The van der Waals surface area contributed by atoms with Crippen LogP contribution in [0, 0.1) is 0 Å². The second-order valence-electron chi connectivity index (χ2n) is 3.68. The average molecular weight is 217 g/mol. The average Bonchev–Trinajstić information content (AvgIpc) is 2.69. The van der Waals surface area contributed by atoms with E-state index in [-0.39, 0.29) is 6.04 Å². The van der Waals surface area contributed by atoms with Gasteiger partial charge in [-0.25, -0.2) is 5.43 Å². The molecule has 84 valence electrons. The number of aromatic nitrogens is 2. The summed E-state index contributed by atoms with van der Waals surface area (Å²) in [6.45, 7) is 0. The third-order valence-electron chi connectivity index (χ3n) is 2.53. The van der Waals surface area contributed by atoms with Crippen molar-refractivity contribution in [3.63, 3.8) is 0 Å². The molecule has 2 rings (SSSR count). The molecule has 0 aliphatic rings. The molecule has 1 unspecified atom stereocenters. The van der Waals surface area contributed by atoms with Gasteiger partial charge in [-0.15, -0.1) is 0 Å². The van der Waals surface area contributed by atoms with E-state index >= 15 is 0 Å². The van der Waals surface area contributed by atoms with Crippen LogP contribution in [0.5, 0.6) is 0 Å². The number of hydrogen-bond acceptors (Lipinski definition) is 4. The molecule has 1 aromatic heterocycles. The Hall–Kier alpha value is -1.85. The number of nitrogens with two attached hydrogens (primary N) is 2. The molecule has 1 heterocycles. The van der Waals surface area contributed by atoms with Crippen LogP contribution in [0.25, 0.3) is 0 Å². The molecule has 1 atom stereocenters. The van der Waals surface area contributed by atoms with Crippen LogP contribution in [0.3, 0.4) is 0 Å². The number of rotatable bonds is 3. The van der Waals surface area contributed by atoms with Crippen molar-refractivity contribution in [1.82, 2.24) is 15.2 Å². The normalized spacial score (nSPS) is 12.6. The van der Waals surface area contributed by atoms with Gasteiger partial charge in [0.2, 0.25) is 0 Å². The SMILES string of the molecule is Cn1cc(C(NN)c2ccccc2N)cn1. The molecule has 0 bridgehead atoms. The van der Waals surface area contributed by atoms with Gasteiger partial charge < -0.3 is 5.73 Å². The lowest BCUT2D eigenvalue weighted by Gasteiger charge is -2.16. The number of nitrogen functional groups attached to an aromatic ring is 1. The lowest BCUT2D eigenvalue weighted by atomic mass is 10.0. The van der Waals surface area contributed by atoms with Crippen LogP contribution in [0.1, 0.15) is 17.2 Å². The zero-order chi connectivity index (χ0) is 11.5. The number of anilines is 1. The third kappa shape index (κ3) is 1.91. The first-order valence-corrected chi connectivity index (χ1v) is 5.01. The Labute approximate surface area is 94.0 Å². The van der Waals surface area contributed by atoms with Crippen LogP contribution >= 0.6 is 0 Å². The molecule has 0 saturated heterocycles. The fraction of sp³-hybridized carbons (Fsp3) is 0.182. The zero-order valence-corrected chi connectivity index (χ0v) is 9.09. The summed E-state index contributed by atoms with van der Waals surface area (Å²) in [6.07, 6.45) is 3.69. The van der Waals surface area contributed by atoms with E-state index < -0.39 is 0 Å². The van der Waals surface area contributed by atoms with Gasteiger partial charge in [-0.1, -0.05) is 18.2 Å². The number of nitrogens with one attached hydrogen (secondary N) is 1. The standard InChI is InChI=1S/C11H15N5/c1-16-7-8(6-14-16)11(15-13)9-4-2-3-5-10(9)12/h2-7,11,15H,12-13H2,1H3. The molecule has 5 nitrogen and oxygen atoms in total. The van der Waals surface area contributed by atoms with Crippen LogP contribution in [0.2, 0.25) is 0 Å². The highest BCUT2D eigenvalue weighted by molar-refractivity contribution is 5.50. The molecular formula is C11H15N5. The van der Waals surface area contributed by atoms with Crippen molar-refractivity contribution in [2.24, 2.45) is 12.9 Å². The monoisotopic (exact) mass is 217 g/mol. The van der Waals surface area contributed by atoms with E-state index in [1.54, 1.807) is 10.9 Å². The molecule has 1 aromatic carbocycles. The first kappa shape index (κ1) is 10.7. The second-order valence-corrected chi connectivity index (χ2v) is 3.68. The molecule has 0 fully saturated rings. The van der Waals surface area contributed by atoms with Crippen molar-refractivity contribution in [3.8, 4) is 0 Å². The topological polar surface area (TPSA) is 81.9 Å². The molecular weight excluding hydrogens is 202 g/mol. The minimum Gasteiger partial charge on any atom is -0.398 e. The summed E-state index contributed by atoms with van der Waals surface area (Å²) in [4.78, 5) is 0. The summed E-state index contributed by atoms with van der Waals surface area (Å²) in [6, 6.07) is 7.51. The van der Waals surface area contributed by atoms with Crippen molar-refractivity contribution in [3.05, 3.63) is 47.8 Å². The van der Waals surface area contributed by atoms with Crippen molar-refractivity contribution in [2.75, 3.05) is 5.73 Å². The molecule has 5 heteroatoms. The van der Waals surface area contributed by atoms with Crippen molar-refractivity contribution >= 4 is 5.69 Å². The Morgan fingerprint density at radius 1 is 1.38 bits per heavy atom. The quantitative estimate of drug-likeness (QED) is 0.398. The van der Waals surface area contributed by atoms with Gasteiger partial charge in [-0.3, -0.25) is 10.5 Å². The fourth-order valence-corrected chi connectivity index (χ4v) is 1.73. The summed E-state index contributed by atoms with van der Waals surface area (Å²) < 4.78 is 1.73. The van der Waals surface area contributed by atoms with Crippen LogP contribution in [-0.2, 0) is 7.05 Å². The number of nitrogens with zero attached hydrogens (tertiary/aromatic N) is 2. The van der Waals surface area contributed by atoms with Gasteiger partial charge in [0.05, 0.1) is 12.2 Å². The molecule has 0 saturated carbocycles. The first-order valence-electron chi connectivity index (χ1n) is 5.01. The van der Waals surface area contributed by atoms with Crippen molar-refractivity contribution < 1.29 is 0 Å². The summed E-state index contributed by atoms with van der Waals surface area (Å²) >= 11 is 0. The number of benzene rings is 1. The molecule has 16 heavy (non-hydrogen) atoms. The molecule has 5 N–H and O–H groups in total. The van der Waals surface area contributed by atoms with Crippen LogP contribution in [0.15, 0.2) is 36.7 Å². The number of aryl methyl sites for hydroxylation is 1. The maximum Gasteiger partial charge on any atom is 0.0760 e. The number of hydrazine groups is 1. The third-order valence-corrected chi connectivity index (χ3v) is 2.53. The fourth-order valence-electron chi connectivity index (χ4n) is 1.73. The Morgan fingerprint density at radius 3 is 2.69 bits per heavy atom. The van der Waals surface area contributed by atoms with Gasteiger partial charge in [-0.2, -0.15) is 5.10 Å². The maximum atomic E-state index is 5.92. The molecule has 2 aromatic rings. The maximum absolute atomic E-state index is 5.92. The Bertz CT molecular complexity index is 477. The van der Waals surface area contributed by atoms with E-state index in [1.807, 2.05) is 37.5 Å². The van der Waals surface area contributed by atoms with E-state index in [0.717, 1.165) is 11.1 Å². The summed E-state index contributed by atoms with van der Waals surface area (Å²) in [5, 5.41) is 4.12. The highest BCUT2D eigenvalue weighted by Gasteiger charge is 2.15. The van der Waals surface area contributed by atoms with Gasteiger partial charge in [0, 0.05) is 24.5 Å². The summed E-state index contributed by atoms with van der Waals surface area (Å²) in [7, 11) is 1.87. The summed E-state index contributed by atoms with van der Waals surface area (Å²) in [5.74, 6) is 5.57. The van der Waals surface area contributed by atoms with Gasteiger partial charge in [-0.05, 0) is 11.6 Å². The molecule has 0 spiro atoms. The van der Waals surface area contributed by atoms with Gasteiger partial charge in [0.25, 0.3) is 0 Å². The predicted molar refractivity (Wildman–Crippen MR) is 63.2 cm³/mol. The number of para-hydroxylation sites is 1. The zero-order valence-electron chi connectivity index (χ0n) is 9.09. The Morgan fingerprint density at radius 2 is 2.12 bits per heavy atom.